The van der Waals surface area contributed by atoms with Crippen LogP contribution in [-0.4, -0.2) is 24.5 Å². The van der Waals surface area contributed by atoms with Gasteiger partial charge in [-0.3, -0.25) is 10.1 Å². The number of thiophene rings is 1. The summed E-state index contributed by atoms with van der Waals surface area (Å²) in [5.41, 5.74) is 1.87. The van der Waals surface area contributed by atoms with Crippen molar-refractivity contribution in [1.29, 1.82) is 0 Å². The van der Waals surface area contributed by atoms with E-state index in [4.69, 9.17) is 4.74 Å². The first-order chi connectivity index (χ1) is 13.0. The Labute approximate surface area is 158 Å². The molecule has 1 atom stereocenters. The number of aryl methyl sites for hydroxylation is 2. The molecule has 0 N–H and O–H groups in total. The van der Waals surface area contributed by atoms with Gasteiger partial charge in [0.25, 0.3) is 0 Å². The third kappa shape index (κ3) is 2.89. The van der Waals surface area contributed by atoms with Gasteiger partial charge in [-0.1, -0.05) is 19.1 Å². The van der Waals surface area contributed by atoms with Gasteiger partial charge in [-0.25, -0.2) is 14.5 Å². The molecule has 3 heterocycles. The SMILES string of the molecule is CCc1c(C)sc2ncn3nc(C(C)Oc4ccccc4[N+](=O)[O-])nc3c12. The van der Waals surface area contributed by atoms with E-state index in [1.165, 1.54) is 16.5 Å². The molecule has 138 valence electrons. The van der Waals surface area contributed by atoms with Crippen LogP contribution in [0.1, 0.15) is 36.2 Å². The number of nitro benzene ring substituents is 1. The minimum absolute atomic E-state index is 0.0844. The number of nitrogens with zero attached hydrogens (tertiary/aromatic N) is 5. The molecule has 4 aromatic rings. The van der Waals surface area contributed by atoms with Crippen molar-refractivity contribution in [3.05, 3.63) is 57.0 Å². The maximum atomic E-state index is 11.2. The molecule has 9 heteroatoms. The van der Waals surface area contributed by atoms with Crippen LogP contribution in [0.4, 0.5) is 5.69 Å². The van der Waals surface area contributed by atoms with Crippen LogP contribution < -0.4 is 4.74 Å². The first kappa shape index (κ1) is 17.3. The fraction of sp³-hybridized carbons (Fsp3) is 0.278. The van der Waals surface area contributed by atoms with E-state index < -0.39 is 11.0 Å². The second kappa shape index (κ2) is 6.58. The Kier molecular flexibility index (Phi) is 4.23. The summed E-state index contributed by atoms with van der Waals surface area (Å²) < 4.78 is 7.44. The number of rotatable bonds is 5. The van der Waals surface area contributed by atoms with E-state index in [1.54, 1.807) is 47.3 Å². The average Bonchev–Trinajstić information content (AvgIpc) is 3.21. The number of para-hydroxylation sites is 2. The van der Waals surface area contributed by atoms with Crippen molar-refractivity contribution in [1.82, 2.24) is 19.6 Å². The van der Waals surface area contributed by atoms with E-state index >= 15 is 0 Å². The second-order valence-electron chi connectivity index (χ2n) is 6.14. The van der Waals surface area contributed by atoms with E-state index in [0.29, 0.717) is 5.82 Å². The lowest BCUT2D eigenvalue weighted by molar-refractivity contribution is -0.386. The number of fused-ring (bicyclic) bond motifs is 3. The van der Waals surface area contributed by atoms with E-state index in [9.17, 15) is 10.1 Å². The molecule has 1 unspecified atom stereocenters. The Balaban J connectivity index is 1.76. The lowest BCUT2D eigenvalue weighted by Gasteiger charge is -2.11. The smallest absolute Gasteiger partial charge is 0.310 e. The molecule has 0 bridgehead atoms. The van der Waals surface area contributed by atoms with Crippen LogP contribution in [-0.2, 0) is 6.42 Å². The molecular formula is C18H17N5O3S. The summed E-state index contributed by atoms with van der Waals surface area (Å²) in [4.78, 5) is 22.0. The maximum absolute atomic E-state index is 11.2. The lowest BCUT2D eigenvalue weighted by Crippen LogP contribution is -2.07. The van der Waals surface area contributed by atoms with Crippen molar-refractivity contribution in [2.75, 3.05) is 0 Å². The van der Waals surface area contributed by atoms with E-state index in [-0.39, 0.29) is 11.4 Å². The van der Waals surface area contributed by atoms with Gasteiger partial charge in [-0.2, -0.15) is 0 Å². The summed E-state index contributed by atoms with van der Waals surface area (Å²) in [6.07, 6.45) is 1.98. The number of benzene rings is 1. The minimum Gasteiger partial charge on any atom is -0.476 e. The number of hydrogen-bond acceptors (Lipinski definition) is 7. The molecule has 27 heavy (non-hydrogen) atoms. The predicted octanol–water partition coefficient (Wildman–Crippen LogP) is 4.26. The quantitative estimate of drug-likeness (QED) is 0.377. The Bertz CT molecular complexity index is 1170. The first-order valence-electron chi connectivity index (χ1n) is 8.53. The number of aromatic nitrogens is 4. The topological polar surface area (TPSA) is 95.5 Å². The lowest BCUT2D eigenvalue weighted by atomic mass is 10.1. The Morgan fingerprint density at radius 3 is 2.89 bits per heavy atom. The van der Waals surface area contributed by atoms with E-state index in [1.807, 2.05) is 0 Å². The largest absolute Gasteiger partial charge is 0.476 e. The fourth-order valence-electron chi connectivity index (χ4n) is 3.13. The molecule has 0 aliphatic carbocycles. The Morgan fingerprint density at radius 2 is 2.15 bits per heavy atom. The molecule has 1 aromatic carbocycles. The molecule has 0 aliphatic rings. The number of hydrogen-bond donors (Lipinski definition) is 0. The van der Waals surface area contributed by atoms with Crippen molar-refractivity contribution in [3.63, 3.8) is 0 Å². The zero-order valence-corrected chi connectivity index (χ0v) is 15.9. The van der Waals surface area contributed by atoms with Gasteiger partial charge in [0, 0.05) is 10.9 Å². The van der Waals surface area contributed by atoms with Crippen LogP contribution in [0, 0.1) is 17.0 Å². The van der Waals surface area contributed by atoms with Crippen molar-refractivity contribution >= 4 is 32.9 Å². The molecule has 8 nitrogen and oxygen atoms in total. The fourth-order valence-corrected chi connectivity index (χ4v) is 4.21. The first-order valence-corrected chi connectivity index (χ1v) is 9.34. The zero-order chi connectivity index (χ0) is 19.1. The molecule has 0 spiro atoms. The average molecular weight is 383 g/mol. The van der Waals surface area contributed by atoms with Crippen LogP contribution >= 0.6 is 11.3 Å². The Hall–Kier alpha value is -3.07. The molecular weight excluding hydrogens is 366 g/mol. The van der Waals surface area contributed by atoms with Gasteiger partial charge >= 0.3 is 5.69 Å². The molecule has 0 saturated heterocycles. The number of nitro groups is 1. The molecule has 0 radical (unpaired) electrons. The van der Waals surface area contributed by atoms with Crippen LogP contribution in [0.25, 0.3) is 15.9 Å². The second-order valence-corrected chi connectivity index (χ2v) is 7.34. The van der Waals surface area contributed by atoms with Gasteiger partial charge in [0.15, 0.2) is 23.3 Å². The highest BCUT2D eigenvalue weighted by atomic mass is 32.1. The normalized spacial score (nSPS) is 12.6. The van der Waals surface area contributed by atoms with Gasteiger partial charge in [0.05, 0.1) is 10.3 Å². The zero-order valence-electron chi connectivity index (χ0n) is 15.0. The van der Waals surface area contributed by atoms with Gasteiger partial charge < -0.3 is 4.74 Å². The highest BCUT2D eigenvalue weighted by Gasteiger charge is 2.22. The highest BCUT2D eigenvalue weighted by Crippen LogP contribution is 2.33. The summed E-state index contributed by atoms with van der Waals surface area (Å²) in [5.74, 6) is 0.645. The molecule has 0 aliphatic heterocycles. The van der Waals surface area contributed by atoms with Crippen molar-refractivity contribution in [2.24, 2.45) is 0 Å². The van der Waals surface area contributed by atoms with Gasteiger partial charge in [-0.15, -0.1) is 16.4 Å². The van der Waals surface area contributed by atoms with E-state index in [0.717, 1.165) is 22.3 Å². The van der Waals surface area contributed by atoms with Gasteiger partial charge in [-0.05, 0) is 31.9 Å². The minimum atomic E-state index is -0.550. The third-order valence-electron chi connectivity index (χ3n) is 4.43. The molecule has 0 fully saturated rings. The monoisotopic (exact) mass is 383 g/mol. The van der Waals surface area contributed by atoms with Crippen molar-refractivity contribution in [3.8, 4) is 5.75 Å². The molecule has 4 rings (SSSR count). The summed E-state index contributed by atoms with van der Waals surface area (Å²) in [7, 11) is 0. The number of ether oxygens (including phenoxy) is 1. The van der Waals surface area contributed by atoms with Gasteiger partial charge in [0.1, 0.15) is 11.2 Å². The molecule has 3 aromatic heterocycles. The standard InChI is InChI=1S/C18H17N5O3S/c1-4-12-11(3)27-18-15(12)17-20-16(21-22(17)9-19-18)10(2)26-14-8-6-5-7-13(14)23(24)25/h5-10H,4H2,1-3H3. The van der Waals surface area contributed by atoms with Crippen LogP contribution in [0.5, 0.6) is 5.75 Å². The Morgan fingerprint density at radius 1 is 1.37 bits per heavy atom. The van der Waals surface area contributed by atoms with Crippen LogP contribution in [0.15, 0.2) is 30.6 Å². The van der Waals surface area contributed by atoms with E-state index in [2.05, 4.69) is 28.9 Å². The van der Waals surface area contributed by atoms with Crippen molar-refractivity contribution in [2.45, 2.75) is 33.3 Å². The summed E-state index contributed by atoms with van der Waals surface area (Å²) in [6.45, 7) is 5.96. The molecule has 0 amide bonds. The molecule has 0 saturated carbocycles. The van der Waals surface area contributed by atoms with Crippen LogP contribution in [0.2, 0.25) is 0 Å². The van der Waals surface area contributed by atoms with Crippen molar-refractivity contribution < 1.29 is 9.66 Å². The van der Waals surface area contributed by atoms with Crippen LogP contribution in [0.3, 0.4) is 0 Å². The highest BCUT2D eigenvalue weighted by molar-refractivity contribution is 7.18. The predicted molar refractivity (Wildman–Crippen MR) is 102 cm³/mol. The third-order valence-corrected chi connectivity index (χ3v) is 5.48. The van der Waals surface area contributed by atoms with Gasteiger partial charge in [0.2, 0.25) is 0 Å². The summed E-state index contributed by atoms with van der Waals surface area (Å²) in [6, 6.07) is 6.28. The summed E-state index contributed by atoms with van der Waals surface area (Å²) >= 11 is 1.65. The maximum Gasteiger partial charge on any atom is 0.310 e. The summed E-state index contributed by atoms with van der Waals surface area (Å²) in [5, 5.41) is 16.7.